The zero-order valence-corrected chi connectivity index (χ0v) is 8.67. The second-order valence-electron chi connectivity index (χ2n) is 4.24. The summed E-state index contributed by atoms with van der Waals surface area (Å²) in [4.78, 5) is 11.2. The van der Waals surface area contributed by atoms with E-state index in [1.807, 2.05) is 13.8 Å². The van der Waals surface area contributed by atoms with Gasteiger partial charge in [-0.1, -0.05) is 6.92 Å². The van der Waals surface area contributed by atoms with E-state index >= 15 is 0 Å². The second-order valence-corrected chi connectivity index (χ2v) is 4.24. The number of nitrogens with one attached hydrogen (secondary N) is 1. The molecule has 13 heavy (non-hydrogen) atoms. The van der Waals surface area contributed by atoms with Crippen LogP contribution in [-0.2, 0) is 4.74 Å². The van der Waals surface area contributed by atoms with Gasteiger partial charge in [0.25, 0.3) is 0 Å². The first-order valence-corrected chi connectivity index (χ1v) is 5.05. The molecule has 2 atom stereocenters. The van der Waals surface area contributed by atoms with Crippen LogP contribution >= 0.6 is 0 Å². The van der Waals surface area contributed by atoms with Gasteiger partial charge in [0.05, 0.1) is 0 Å². The van der Waals surface area contributed by atoms with Crippen molar-refractivity contribution in [2.45, 2.75) is 52.2 Å². The third kappa shape index (κ3) is 3.66. The number of rotatable bonds is 2. The molecule has 1 fully saturated rings. The number of hydrogen-bond donors (Lipinski definition) is 1. The number of carbonyl (C=O) groups is 1. The number of hydrogen-bond acceptors (Lipinski definition) is 2. The Kier molecular flexibility index (Phi) is 3.58. The van der Waals surface area contributed by atoms with E-state index < -0.39 is 0 Å². The third-order valence-corrected chi connectivity index (χ3v) is 2.33. The average Bonchev–Trinajstić information content (AvgIpc) is 2.33. The molecular formula is C10H19NO2. The smallest absolute Gasteiger partial charge is 0.407 e. The molecular weight excluding hydrogens is 166 g/mol. The van der Waals surface area contributed by atoms with Crippen LogP contribution in [0.1, 0.15) is 40.0 Å². The Balaban J connectivity index is 2.21. The molecule has 0 bridgehead atoms. The van der Waals surface area contributed by atoms with Gasteiger partial charge in [-0.15, -0.1) is 0 Å². The molecule has 0 aromatic rings. The van der Waals surface area contributed by atoms with Crippen LogP contribution in [0.4, 0.5) is 4.79 Å². The first kappa shape index (κ1) is 10.4. The standard InChI is InChI=1S/C10H19NO2/c1-7(2)11-10(12)13-9-5-4-8(3)6-9/h7-9H,4-6H2,1-3H3,(H,11,12)/t8-,9+/m0/s1. The number of amides is 1. The lowest BCUT2D eigenvalue weighted by Crippen LogP contribution is -2.33. The third-order valence-electron chi connectivity index (χ3n) is 2.33. The van der Waals surface area contributed by atoms with Crippen LogP contribution in [0.15, 0.2) is 0 Å². The lowest BCUT2D eigenvalue weighted by molar-refractivity contribution is 0.0972. The van der Waals surface area contributed by atoms with Crippen LogP contribution in [-0.4, -0.2) is 18.2 Å². The maximum Gasteiger partial charge on any atom is 0.407 e. The molecule has 3 nitrogen and oxygen atoms in total. The van der Waals surface area contributed by atoms with E-state index in [1.165, 1.54) is 6.42 Å². The summed E-state index contributed by atoms with van der Waals surface area (Å²) in [7, 11) is 0. The summed E-state index contributed by atoms with van der Waals surface area (Å²) in [6, 6.07) is 0.159. The van der Waals surface area contributed by atoms with E-state index in [0.717, 1.165) is 12.8 Å². The van der Waals surface area contributed by atoms with Crippen molar-refractivity contribution in [3.8, 4) is 0 Å². The van der Waals surface area contributed by atoms with Crippen LogP contribution < -0.4 is 5.32 Å². The summed E-state index contributed by atoms with van der Waals surface area (Å²) in [5.74, 6) is 0.705. The molecule has 0 unspecified atom stereocenters. The van der Waals surface area contributed by atoms with Crippen molar-refractivity contribution >= 4 is 6.09 Å². The highest BCUT2D eigenvalue weighted by Gasteiger charge is 2.24. The van der Waals surface area contributed by atoms with Gasteiger partial charge in [0.2, 0.25) is 0 Å². The molecule has 1 saturated carbocycles. The van der Waals surface area contributed by atoms with Crippen molar-refractivity contribution in [3.05, 3.63) is 0 Å². The molecule has 0 heterocycles. The summed E-state index contributed by atoms with van der Waals surface area (Å²) in [6.07, 6.45) is 3.10. The molecule has 1 N–H and O–H groups in total. The van der Waals surface area contributed by atoms with Gasteiger partial charge in [0.1, 0.15) is 6.10 Å². The van der Waals surface area contributed by atoms with Crippen LogP contribution in [0.2, 0.25) is 0 Å². The SMILES string of the molecule is CC(C)NC(=O)O[C@@H]1CC[C@H](C)C1. The molecule has 0 aromatic carbocycles. The van der Waals surface area contributed by atoms with Crippen molar-refractivity contribution in [2.75, 3.05) is 0 Å². The molecule has 0 radical (unpaired) electrons. The Hall–Kier alpha value is -0.730. The maximum absolute atomic E-state index is 11.2. The predicted molar refractivity (Wildman–Crippen MR) is 51.6 cm³/mol. The quantitative estimate of drug-likeness (QED) is 0.717. The van der Waals surface area contributed by atoms with Crippen LogP contribution in [0.5, 0.6) is 0 Å². The van der Waals surface area contributed by atoms with Gasteiger partial charge in [-0.05, 0) is 39.0 Å². The van der Waals surface area contributed by atoms with E-state index in [0.29, 0.717) is 5.92 Å². The zero-order valence-electron chi connectivity index (χ0n) is 8.67. The van der Waals surface area contributed by atoms with Crippen molar-refractivity contribution < 1.29 is 9.53 Å². The van der Waals surface area contributed by atoms with E-state index in [4.69, 9.17) is 4.74 Å². The minimum atomic E-state index is -0.269. The minimum Gasteiger partial charge on any atom is -0.446 e. The van der Waals surface area contributed by atoms with E-state index in [2.05, 4.69) is 12.2 Å². The van der Waals surface area contributed by atoms with Crippen molar-refractivity contribution in [2.24, 2.45) is 5.92 Å². The predicted octanol–water partition coefficient (Wildman–Crippen LogP) is 2.31. The van der Waals surface area contributed by atoms with E-state index in [-0.39, 0.29) is 18.2 Å². The highest BCUT2D eigenvalue weighted by atomic mass is 16.6. The van der Waals surface area contributed by atoms with Gasteiger partial charge in [0.15, 0.2) is 0 Å². The van der Waals surface area contributed by atoms with Crippen LogP contribution in [0.25, 0.3) is 0 Å². The van der Waals surface area contributed by atoms with Gasteiger partial charge in [-0.2, -0.15) is 0 Å². The summed E-state index contributed by atoms with van der Waals surface area (Å²) < 4.78 is 5.24. The molecule has 1 aliphatic carbocycles. The van der Waals surface area contributed by atoms with Gasteiger partial charge < -0.3 is 10.1 Å². The first-order chi connectivity index (χ1) is 6.08. The fourth-order valence-electron chi connectivity index (χ4n) is 1.68. The Labute approximate surface area is 79.8 Å². The lowest BCUT2D eigenvalue weighted by atomic mass is 10.1. The van der Waals surface area contributed by atoms with Crippen LogP contribution in [0, 0.1) is 5.92 Å². The summed E-state index contributed by atoms with van der Waals surface area (Å²) in [5.41, 5.74) is 0. The zero-order chi connectivity index (χ0) is 9.84. The minimum absolute atomic E-state index is 0.147. The number of carbonyl (C=O) groups excluding carboxylic acids is 1. The highest BCUT2D eigenvalue weighted by Crippen LogP contribution is 2.26. The molecule has 1 rings (SSSR count). The molecule has 0 saturated heterocycles. The average molecular weight is 185 g/mol. The van der Waals surface area contributed by atoms with Crippen LogP contribution in [0.3, 0.4) is 0 Å². The van der Waals surface area contributed by atoms with Gasteiger partial charge >= 0.3 is 6.09 Å². The Morgan fingerprint density at radius 2 is 2.15 bits per heavy atom. The Morgan fingerprint density at radius 3 is 2.62 bits per heavy atom. The molecule has 3 heteroatoms. The second kappa shape index (κ2) is 4.49. The molecule has 0 aliphatic heterocycles. The van der Waals surface area contributed by atoms with E-state index in [1.54, 1.807) is 0 Å². The summed E-state index contributed by atoms with van der Waals surface area (Å²) in [5, 5.41) is 2.72. The molecule has 1 amide bonds. The van der Waals surface area contributed by atoms with Crippen molar-refractivity contribution in [3.63, 3.8) is 0 Å². The molecule has 76 valence electrons. The number of alkyl carbamates (subject to hydrolysis) is 1. The maximum atomic E-state index is 11.2. The van der Waals surface area contributed by atoms with Gasteiger partial charge in [-0.3, -0.25) is 0 Å². The van der Waals surface area contributed by atoms with Gasteiger partial charge in [-0.25, -0.2) is 4.79 Å². The summed E-state index contributed by atoms with van der Waals surface area (Å²) in [6.45, 7) is 6.06. The fourth-order valence-corrected chi connectivity index (χ4v) is 1.68. The monoisotopic (exact) mass is 185 g/mol. The topological polar surface area (TPSA) is 38.3 Å². The van der Waals surface area contributed by atoms with E-state index in [9.17, 15) is 4.79 Å². The Bertz CT molecular complexity index is 180. The fraction of sp³-hybridized carbons (Fsp3) is 0.900. The summed E-state index contributed by atoms with van der Waals surface area (Å²) >= 11 is 0. The number of ether oxygens (including phenoxy) is 1. The lowest BCUT2D eigenvalue weighted by Gasteiger charge is -2.14. The normalized spacial score (nSPS) is 27.7. The molecule has 0 spiro atoms. The Morgan fingerprint density at radius 1 is 1.46 bits per heavy atom. The van der Waals surface area contributed by atoms with Crippen molar-refractivity contribution in [1.82, 2.24) is 5.32 Å². The molecule has 0 aromatic heterocycles. The molecule has 1 aliphatic rings. The van der Waals surface area contributed by atoms with Gasteiger partial charge in [0, 0.05) is 6.04 Å². The highest BCUT2D eigenvalue weighted by molar-refractivity contribution is 5.67. The first-order valence-electron chi connectivity index (χ1n) is 5.05. The van der Waals surface area contributed by atoms with Crippen molar-refractivity contribution in [1.29, 1.82) is 0 Å². The largest absolute Gasteiger partial charge is 0.446 e.